The summed E-state index contributed by atoms with van der Waals surface area (Å²) in [5, 5.41) is 5.58. The fraction of sp³-hybridized carbons (Fsp3) is 0.217. The summed E-state index contributed by atoms with van der Waals surface area (Å²) in [4.78, 5) is 27.1. The van der Waals surface area contributed by atoms with Gasteiger partial charge in [-0.05, 0) is 50.8 Å². The summed E-state index contributed by atoms with van der Waals surface area (Å²) in [5.74, 6) is -0.621. The Morgan fingerprint density at radius 3 is 2.25 bits per heavy atom. The maximum atomic E-state index is 12.6. The molecule has 0 saturated carbocycles. The van der Waals surface area contributed by atoms with Crippen LogP contribution in [0.1, 0.15) is 22.3 Å². The third-order valence-corrected chi connectivity index (χ3v) is 3.95. The molecule has 0 aromatic heterocycles. The fourth-order valence-corrected chi connectivity index (χ4v) is 2.47. The number of benzene rings is 2. The van der Waals surface area contributed by atoms with Gasteiger partial charge in [-0.25, -0.2) is 0 Å². The molecule has 0 atom stereocenters. The normalized spacial score (nSPS) is 11.6. The third kappa shape index (κ3) is 7.60. The molecule has 0 bridgehead atoms. The van der Waals surface area contributed by atoms with Crippen LogP contribution in [0.4, 0.5) is 0 Å². The SMILES string of the molecule is CN(C)CCCNC(=O)/C(=C\C=C\c1ccccc1)NC(=O)c1ccccc1. The van der Waals surface area contributed by atoms with E-state index in [9.17, 15) is 9.59 Å². The van der Waals surface area contributed by atoms with Crippen LogP contribution in [0.2, 0.25) is 0 Å². The smallest absolute Gasteiger partial charge is 0.267 e. The molecule has 0 aliphatic heterocycles. The quantitative estimate of drug-likeness (QED) is 0.401. The number of nitrogens with zero attached hydrogens (tertiary/aromatic N) is 1. The van der Waals surface area contributed by atoms with Gasteiger partial charge in [0.25, 0.3) is 11.8 Å². The van der Waals surface area contributed by atoms with Crippen molar-refractivity contribution >= 4 is 17.9 Å². The van der Waals surface area contributed by atoms with E-state index in [-0.39, 0.29) is 17.5 Å². The number of carbonyl (C=O) groups is 2. The van der Waals surface area contributed by atoms with Gasteiger partial charge in [0.15, 0.2) is 0 Å². The van der Waals surface area contributed by atoms with Crippen LogP contribution in [-0.2, 0) is 4.79 Å². The molecule has 146 valence electrons. The van der Waals surface area contributed by atoms with Gasteiger partial charge in [-0.1, -0.05) is 60.7 Å². The first-order chi connectivity index (χ1) is 13.6. The van der Waals surface area contributed by atoms with E-state index in [4.69, 9.17) is 0 Å². The minimum Gasteiger partial charge on any atom is -0.351 e. The average molecular weight is 377 g/mol. The van der Waals surface area contributed by atoms with Crippen LogP contribution in [0.5, 0.6) is 0 Å². The second kappa shape index (κ2) is 11.5. The Hall–Kier alpha value is -3.18. The van der Waals surface area contributed by atoms with Gasteiger partial charge >= 0.3 is 0 Å². The molecule has 28 heavy (non-hydrogen) atoms. The number of hydrogen-bond donors (Lipinski definition) is 2. The molecule has 2 aromatic carbocycles. The molecule has 0 aliphatic rings. The molecule has 5 nitrogen and oxygen atoms in total. The van der Waals surface area contributed by atoms with Crippen LogP contribution < -0.4 is 10.6 Å². The van der Waals surface area contributed by atoms with Crippen molar-refractivity contribution < 1.29 is 9.59 Å². The summed E-state index contributed by atoms with van der Waals surface area (Å²) in [5.41, 5.74) is 1.73. The van der Waals surface area contributed by atoms with Crippen LogP contribution in [0, 0.1) is 0 Å². The highest BCUT2D eigenvalue weighted by atomic mass is 16.2. The van der Waals surface area contributed by atoms with Crippen molar-refractivity contribution in [1.29, 1.82) is 0 Å². The first-order valence-corrected chi connectivity index (χ1v) is 9.29. The molecule has 0 radical (unpaired) electrons. The van der Waals surface area contributed by atoms with Crippen molar-refractivity contribution in [1.82, 2.24) is 15.5 Å². The lowest BCUT2D eigenvalue weighted by atomic mass is 10.2. The first kappa shape index (κ1) is 21.1. The Balaban J connectivity index is 2.07. The van der Waals surface area contributed by atoms with E-state index in [1.54, 1.807) is 36.4 Å². The summed E-state index contributed by atoms with van der Waals surface area (Å²) < 4.78 is 0. The molecule has 2 amide bonds. The molecule has 0 unspecified atom stereocenters. The standard InChI is InChI=1S/C23H27N3O2/c1-26(2)18-10-17-24-23(28)21(16-9-13-19-11-5-3-6-12-19)25-22(27)20-14-7-4-8-15-20/h3-9,11-16H,10,17-18H2,1-2H3,(H,24,28)(H,25,27)/b13-9+,21-16+. The van der Waals surface area contributed by atoms with Crippen LogP contribution in [0.3, 0.4) is 0 Å². The Labute approximate surface area is 166 Å². The van der Waals surface area contributed by atoms with Crippen molar-refractivity contribution in [3.05, 3.63) is 89.6 Å². The molecule has 2 aromatic rings. The predicted molar refractivity (Wildman–Crippen MR) is 114 cm³/mol. The van der Waals surface area contributed by atoms with Gasteiger partial charge in [0.05, 0.1) is 0 Å². The second-order valence-electron chi connectivity index (χ2n) is 6.58. The molecule has 0 fully saturated rings. The van der Waals surface area contributed by atoms with E-state index in [0.29, 0.717) is 12.1 Å². The molecular formula is C23H27N3O2. The van der Waals surface area contributed by atoms with Crippen LogP contribution >= 0.6 is 0 Å². The largest absolute Gasteiger partial charge is 0.351 e. The van der Waals surface area contributed by atoms with Crippen molar-refractivity contribution in [3.63, 3.8) is 0 Å². The number of amides is 2. The lowest BCUT2D eigenvalue weighted by Crippen LogP contribution is -2.36. The van der Waals surface area contributed by atoms with Crippen molar-refractivity contribution in [2.75, 3.05) is 27.2 Å². The molecular weight excluding hydrogens is 350 g/mol. The topological polar surface area (TPSA) is 61.4 Å². The number of carbonyl (C=O) groups excluding carboxylic acids is 2. The van der Waals surface area contributed by atoms with Gasteiger partial charge in [-0.2, -0.15) is 0 Å². The predicted octanol–water partition coefficient (Wildman–Crippen LogP) is 3.08. The van der Waals surface area contributed by atoms with E-state index >= 15 is 0 Å². The van der Waals surface area contributed by atoms with Crippen molar-refractivity contribution in [3.8, 4) is 0 Å². The highest BCUT2D eigenvalue weighted by Gasteiger charge is 2.13. The molecule has 2 N–H and O–H groups in total. The second-order valence-corrected chi connectivity index (χ2v) is 6.58. The van der Waals surface area contributed by atoms with Gasteiger partial charge in [-0.15, -0.1) is 0 Å². The van der Waals surface area contributed by atoms with Gasteiger partial charge in [0, 0.05) is 12.1 Å². The van der Waals surface area contributed by atoms with Crippen LogP contribution in [0.15, 0.2) is 78.5 Å². The molecule has 0 spiro atoms. The van der Waals surface area contributed by atoms with Gasteiger partial charge in [0.1, 0.15) is 5.70 Å². The molecule has 2 rings (SSSR count). The van der Waals surface area contributed by atoms with E-state index in [0.717, 1.165) is 18.5 Å². The maximum Gasteiger partial charge on any atom is 0.267 e. The summed E-state index contributed by atoms with van der Waals surface area (Å²) in [6.45, 7) is 1.42. The van der Waals surface area contributed by atoms with Crippen molar-refractivity contribution in [2.45, 2.75) is 6.42 Å². The number of hydrogen-bond acceptors (Lipinski definition) is 3. The zero-order valence-electron chi connectivity index (χ0n) is 16.4. The zero-order valence-corrected chi connectivity index (χ0v) is 16.4. The Morgan fingerprint density at radius 2 is 1.61 bits per heavy atom. The molecule has 0 saturated heterocycles. The summed E-state index contributed by atoms with van der Waals surface area (Å²) >= 11 is 0. The van der Waals surface area contributed by atoms with Gasteiger partial charge in [0.2, 0.25) is 0 Å². The van der Waals surface area contributed by atoms with E-state index in [2.05, 4.69) is 15.5 Å². The van der Waals surface area contributed by atoms with Crippen LogP contribution in [-0.4, -0.2) is 43.9 Å². The minimum absolute atomic E-state index is 0.214. The maximum absolute atomic E-state index is 12.6. The lowest BCUT2D eigenvalue weighted by molar-refractivity contribution is -0.117. The van der Waals surface area contributed by atoms with Gasteiger partial charge < -0.3 is 15.5 Å². The number of nitrogens with one attached hydrogen (secondary N) is 2. The fourth-order valence-electron chi connectivity index (χ4n) is 2.47. The molecule has 0 aliphatic carbocycles. The highest BCUT2D eigenvalue weighted by Crippen LogP contribution is 2.04. The Kier molecular flexibility index (Phi) is 8.69. The van der Waals surface area contributed by atoms with Crippen LogP contribution in [0.25, 0.3) is 6.08 Å². The monoisotopic (exact) mass is 377 g/mol. The van der Waals surface area contributed by atoms with E-state index < -0.39 is 0 Å². The van der Waals surface area contributed by atoms with Crippen molar-refractivity contribution in [2.24, 2.45) is 0 Å². The number of allylic oxidation sites excluding steroid dienone is 2. The molecule has 0 heterocycles. The molecule has 5 heteroatoms. The third-order valence-electron chi connectivity index (χ3n) is 3.95. The van der Waals surface area contributed by atoms with E-state index in [1.807, 2.05) is 56.6 Å². The number of rotatable bonds is 9. The Bertz CT molecular complexity index is 812. The first-order valence-electron chi connectivity index (χ1n) is 9.29. The minimum atomic E-state index is -0.316. The van der Waals surface area contributed by atoms with Gasteiger partial charge in [-0.3, -0.25) is 9.59 Å². The summed E-state index contributed by atoms with van der Waals surface area (Å²) in [6.07, 6.45) is 6.09. The summed E-state index contributed by atoms with van der Waals surface area (Å²) in [6, 6.07) is 18.6. The van der Waals surface area contributed by atoms with E-state index in [1.165, 1.54) is 0 Å². The lowest BCUT2D eigenvalue weighted by Gasteiger charge is -2.12. The highest BCUT2D eigenvalue weighted by molar-refractivity contribution is 6.03. The zero-order chi connectivity index (χ0) is 20.2. The summed E-state index contributed by atoms with van der Waals surface area (Å²) in [7, 11) is 3.98. The average Bonchev–Trinajstić information content (AvgIpc) is 2.71. The Morgan fingerprint density at radius 1 is 0.964 bits per heavy atom.